The first-order valence-electron chi connectivity index (χ1n) is 5.05. The number of rotatable bonds is 6. The lowest BCUT2D eigenvalue weighted by Crippen LogP contribution is -2.07. The normalized spacial score (nSPS) is 9.50. The molecule has 1 aromatic rings. The molecular weight excluding hydrogens is 240 g/mol. The first-order valence-corrected chi connectivity index (χ1v) is 5.05. The zero-order valence-corrected chi connectivity index (χ0v) is 9.29. The van der Waals surface area contributed by atoms with Crippen molar-refractivity contribution in [2.45, 2.75) is 12.8 Å². The van der Waals surface area contributed by atoms with Crippen molar-refractivity contribution in [1.82, 2.24) is 4.98 Å². The molecular formula is C10H10N4O4. The molecule has 0 aromatic carbocycles. The molecule has 8 heteroatoms. The number of nitriles is 1. The van der Waals surface area contributed by atoms with Gasteiger partial charge in [0.1, 0.15) is 23.6 Å². The highest BCUT2D eigenvalue weighted by atomic mass is 16.6. The lowest BCUT2D eigenvalue weighted by Gasteiger charge is -2.05. The molecule has 0 spiro atoms. The van der Waals surface area contributed by atoms with Gasteiger partial charge in [0.2, 0.25) is 0 Å². The van der Waals surface area contributed by atoms with E-state index in [4.69, 9.17) is 10.4 Å². The topological polar surface area (TPSA) is 129 Å². The number of hydrogen-bond acceptors (Lipinski definition) is 6. The van der Waals surface area contributed by atoms with Crippen LogP contribution in [0.4, 0.5) is 11.5 Å². The van der Waals surface area contributed by atoms with E-state index in [0.29, 0.717) is 13.0 Å². The van der Waals surface area contributed by atoms with Crippen molar-refractivity contribution in [2.24, 2.45) is 0 Å². The van der Waals surface area contributed by atoms with Crippen molar-refractivity contribution >= 4 is 17.5 Å². The fourth-order valence-electron chi connectivity index (χ4n) is 1.23. The van der Waals surface area contributed by atoms with E-state index in [0.717, 1.165) is 12.3 Å². The SMILES string of the molecule is N#Cc1cc([N+](=O)[O-])cnc1NCCCC(=O)O. The van der Waals surface area contributed by atoms with Gasteiger partial charge in [-0.15, -0.1) is 0 Å². The predicted octanol–water partition coefficient (Wildman–Crippen LogP) is 1.14. The predicted molar refractivity (Wildman–Crippen MR) is 61.0 cm³/mol. The zero-order valence-electron chi connectivity index (χ0n) is 9.29. The minimum absolute atomic E-state index is 0.00185. The van der Waals surface area contributed by atoms with Crippen LogP contribution in [0, 0.1) is 21.4 Å². The largest absolute Gasteiger partial charge is 0.481 e. The molecule has 18 heavy (non-hydrogen) atoms. The molecule has 1 aromatic heterocycles. The first kappa shape index (κ1) is 13.4. The molecule has 0 saturated heterocycles. The van der Waals surface area contributed by atoms with Gasteiger partial charge in [-0.1, -0.05) is 0 Å². The van der Waals surface area contributed by atoms with Crippen LogP contribution in [0.5, 0.6) is 0 Å². The Morgan fingerprint density at radius 3 is 2.94 bits per heavy atom. The van der Waals surface area contributed by atoms with E-state index in [-0.39, 0.29) is 23.5 Å². The number of pyridine rings is 1. The molecule has 1 rings (SSSR count). The van der Waals surface area contributed by atoms with Crippen LogP contribution < -0.4 is 5.32 Å². The van der Waals surface area contributed by atoms with Crippen LogP contribution in [0.1, 0.15) is 18.4 Å². The van der Waals surface area contributed by atoms with Crippen molar-refractivity contribution in [1.29, 1.82) is 5.26 Å². The van der Waals surface area contributed by atoms with Crippen molar-refractivity contribution in [3.8, 4) is 6.07 Å². The van der Waals surface area contributed by atoms with Crippen molar-refractivity contribution in [3.05, 3.63) is 27.9 Å². The highest BCUT2D eigenvalue weighted by Crippen LogP contribution is 2.18. The Kier molecular flexibility index (Phi) is 4.57. The molecule has 0 radical (unpaired) electrons. The van der Waals surface area contributed by atoms with Gasteiger partial charge in [-0.3, -0.25) is 14.9 Å². The standard InChI is InChI=1S/C10H10N4O4/c11-5-7-4-8(14(17)18)6-13-10(7)12-3-1-2-9(15)16/h4,6H,1-3H2,(H,12,13)(H,15,16). The molecule has 0 aliphatic carbocycles. The summed E-state index contributed by atoms with van der Waals surface area (Å²) in [6, 6.07) is 2.91. The average molecular weight is 250 g/mol. The number of anilines is 1. The number of nitrogens with zero attached hydrogens (tertiary/aromatic N) is 3. The molecule has 8 nitrogen and oxygen atoms in total. The Morgan fingerprint density at radius 2 is 2.39 bits per heavy atom. The summed E-state index contributed by atoms with van der Waals surface area (Å²) in [6.45, 7) is 0.325. The number of nitrogens with one attached hydrogen (secondary N) is 1. The maximum Gasteiger partial charge on any atom is 0.303 e. The van der Waals surface area contributed by atoms with Crippen LogP contribution >= 0.6 is 0 Å². The summed E-state index contributed by atoms with van der Waals surface area (Å²) in [5.41, 5.74) is -0.206. The van der Waals surface area contributed by atoms with Gasteiger partial charge in [-0.2, -0.15) is 5.26 Å². The molecule has 0 aliphatic rings. The fraction of sp³-hybridized carbons (Fsp3) is 0.300. The molecule has 0 aliphatic heterocycles. The van der Waals surface area contributed by atoms with E-state index in [9.17, 15) is 14.9 Å². The minimum atomic E-state index is -0.908. The molecule has 0 unspecified atom stereocenters. The quantitative estimate of drug-likeness (QED) is 0.439. The van der Waals surface area contributed by atoms with Crippen molar-refractivity contribution in [2.75, 3.05) is 11.9 Å². The maximum atomic E-state index is 10.5. The molecule has 0 bridgehead atoms. The first-order chi connectivity index (χ1) is 8.54. The van der Waals surface area contributed by atoms with E-state index in [1.165, 1.54) is 0 Å². The summed E-state index contributed by atoms with van der Waals surface area (Å²) in [6.07, 6.45) is 1.42. The summed E-state index contributed by atoms with van der Waals surface area (Å²) in [7, 11) is 0. The number of carbonyl (C=O) groups is 1. The van der Waals surface area contributed by atoms with Gasteiger partial charge in [-0.05, 0) is 6.42 Å². The third-order valence-corrected chi connectivity index (χ3v) is 2.06. The lowest BCUT2D eigenvalue weighted by molar-refractivity contribution is -0.385. The number of aliphatic carboxylic acids is 1. The molecule has 0 fully saturated rings. The van der Waals surface area contributed by atoms with Gasteiger partial charge in [0, 0.05) is 19.0 Å². The van der Waals surface area contributed by atoms with Gasteiger partial charge in [0.15, 0.2) is 0 Å². The Labute approximate surface area is 102 Å². The van der Waals surface area contributed by atoms with Crippen LogP contribution in [-0.4, -0.2) is 27.5 Å². The maximum absolute atomic E-state index is 10.5. The number of aromatic nitrogens is 1. The van der Waals surface area contributed by atoms with Gasteiger partial charge in [0.05, 0.1) is 4.92 Å². The summed E-state index contributed by atoms with van der Waals surface area (Å²) in [5, 5.41) is 30.5. The van der Waals surface area contributed by atoms with Crippen LogP contribution in [0.15, 0.2) is 12.3 Å². The van der Waals surface area contributed by atoms with Crippen LogP contribution in [-0.2, 0) is 4.79 Å². The van der Waals surface area contributed by atoms with E-state index >= 15 is 0 Å². The van der Waals surface area contributed by atoms with E-state index in [2.05, 4.69) is 10.3 Å². The lowest BCUT2D eigenvalue weighted by atomic mass is 10.2. The highest BCUT2D eigenvalue weighted by Gasteiger charge is 2.11. The Morgan fingerprint density at radius 1 is 1.67 bits per heavy atom. The average Bonchev–Trinajstić information content (AvgIpc) is 2.34. The van der Waals surface area contributed by atoms with Crippen LogP contribution in [0.25, 0.3) is 0 Å². The fourth-order valence-corrected chi connectivity index (χ4v) is 1.23. The number of nitro groups is 1. The summed E-state index contributed by atoms with van der Waals surface area (Å²) in [5.74, 6) is -0.692. The molecule has 0 saturated carbocycles. The highest BCUT2D eigenvalue weighted by molar-refractivity contribution is 5.66. The zero-order chi connectivity index (χ0) is 13.5. The minimum Gasteiger partial charge on any atom is -0.481 e. The second-order valence-corrected chi connectivity index (χ2v) is 3.38. The molecule has 2 N–H and O–H groups in total. The Hall–Kier alpha value is -2.69. The third kappa shape index (κ3) is 3.71. The molecule has 0 atom stereocenters. The second-order valence-electron chi connectivity index (χ2n) is 3.38. The summed E-state index contributed by atoms with van der Waals surface area (Å²) >= 11 is 0. The van der Waals surface area contributed by atoms with E-state index < -0.39 is 10.9 Å². The van der Waals surface area contributed by atoms with Gasteiger partial charge in [-0.25, -0.2) is 4.98 Å². The smallest absolute Gasteiger partial charge is 0.303 e. The third-order valence-electron chi connectivity index (χ3n) is 2.06. The molecule has 94 valence electrons. The van der Waals surface area contributed by atoms with Crippen LogP contribution in [0.2, 0.25) is 0 Å². The van der Waals surface area contributed by atoms with Gasteiger partial charge in [0.25, 0.3) is 5.69 Å². The summed E-state index contributed by atoms with van der Waals surface area (Å²) in [4.78, 5) is 23.9. The number of carboxylic acids is 1. The summed E-state index contributed by atoms with van der Waals surface area (Å²) < 4.78 is 0. The van der Waals surface area contributed by atoms with Crippen LogP contribution in [0.3, 0.4) is 0 Å². The Balaban J connectivity index is 2.69. The monoisotopic (exact) mass is 250 g/mol. The molecule has 0 amide bonds. The van der Waals surface area contributed by atoms with E-state index in [1.54, 1.807) is 6.07 Å². The van der Waals surface area contributed by atoms with Gasteiger partial charge >= 0.3 is 5.97 Å². The second kappa shape index (κ2) is 6.15. The van der Waals surface area contributed by atoms with Crippen molar-refractivity contribution < 1.29 is 14.8 Å². The van der Waals surface area contributed by atoms with E-state index in [1.807, 2.05) is 0 Å². The number of hydrogen-bond donors (Lipinski definition) is 2. The number of carboxylic acid groups (broad SMARTS) is 1. The Bertz CT molecular complexity index is 509. The molecule has 1 heterocycles. The van der Waals surface area contributed by atoms with Gasteiger partial charge < -0.3 is 10.4 Å². The van der Waals surface area contributed by atoms with Crippen molar-refractivity contribution in [3.63, 3.8) is 0 Å².